The fraction of sp³-hybridized carbons (Fsp3) is 0.286. The van der Waals surface area contributed by atoms with E-state index in [4.69, 9.17) is 4.74 Å². The predicted octanol–water partition coefficient (Wildman–Crippen LogP) is 3.48. The predicted molar refractivity (Wildman–Crippen MR) is 104 cm³/mol. The molecular formula is C21H24N4O2. The molecule has 0 spiro atoms. The highest BCUT2D eigenvalue weighted by Crippen LogP contribution is 2.21. The van der Waals surface area contributed by atoms with Crippen LogP contribution in [0.1, 0.15) is 29.7 Å². The van der Waals surface area contributed by atoms with Gasteiger partial charge in [0.25, 0.3) is 5.91 Å². The van der Waals surface area contributed by atoms with E-state index in [9.17, 15) is 4.79 Å². The molecule has 1 heterocycles. The molecule has 0 saturated carbocycles. The quantitative estimate of drug-likeness (QED) is 0.672. The third-order valence-corrected chi connectivity index (χ3v) is 4.59. The molecule has 1 amide bonds. The summed E-state index contributed by atoms with van der Waals surface area (Å²) < 4.78 is 7.39. The number of likely N-dealkylation sites (N-methyl/N-ethyl adjacent to an activating group) is 1. The van der Waals surface area contributed by atoms with Gasteiger partial charge in [-0.15, -0.1) is 0 Å². The molecule has 0 unspecified atom stereocenters. The van der Waals surface area contributed by atoms with E-state index in [1.165, 1.54) is 6.33 Å². The van der Waals surface area contributed by atoms with E-state index in [1.807, 2.05) is 57.2 Å². The molecule has 0 aliphatic heterocycles. The summed E-state index contributed by atoms with van der Waals surface area (Å²) in [6, 6.07) is 13.8. The van der Waals surface area contributed by atoms with Crippen LogP contribution in [0.3, 0.4) is 0 Å². The summed E-state index contributed by atoms with van der Waals surface area (Å²) in [7, 11) is 1.79. The van der Waals surface area contributed by atoms with E-state index in [1.54, 1.807) is 23.0 Å². The van der Waals surface area contributed by atoms with Crippen LogP contribution in [0.25, 0.3) is 5.69 Å². The van der Waals surface area contributed by atoms with Gasteiger partial charge >= 0.3 is 0 Å². The van der Waals surface area contributed by atoms with Crippen LogP contribution in [0, 0.1) is 13.8 Å². The number of ether oxygens (including phenoxy) is 1. The van der Waals surface area contributed by atoms with Crippen molar-refractivity contribution in [1.29, 1.82) is 0 Å². The maximum absolute atomic E-state index is 12.5. The number of nitrogens with zero attached hydrogens (tertiary/aromatic N) is 4. The maximum Gasteiger partial charge on any atom is 0.260 e. The van der Waals surface area contributed by atoms with Crippen LogP contribution in [-0.2, 0) is 4.79 Å². The van der Waals surface area contributed by atoms with Gasteiger partial charge in [0.05, 0.1) is 11.7 Å². The molecule has 0 N–H and O–H groups in total. The van der Waals surface area contributed by atoms with Crippen LogP contribution >= 0.6 is 0 Å². The van der Waals surface area contributed by atoms with E-state index < -0.39 is 0 Å². The number of hydrogen-bond donors (Lipinski definition) is 0. The minimum absolute atomic E-state index is 0.0147. The van der Waals surface area contributed by atoms with Gasteiger partial charge in [-0.2, -0.15) is 5.10 Å². The summed E-state index contributed by atoms with van der Waals surface area (Å²) in [6.45, 7) is 6.04. The fourth-order valence-corrected chi connectivity index (χ4v) is 2.95. The standard InChI is InChI=1S/C21H24N4O2/c1-15-9-16(2)11-20(10-15)27-12-21(26)24(4)17(3)18-5-7-19(8-6-18)25-14-22-13-23-25/h5-11,13-14,17H,12H2,1-4H3/t17-/m1/s1. The lowest BCUT2D eigenvalue weighted by atomic mass is 10.1. The second-order valence-corrected chi connectivity index (χ2v) is 6.72. The summed E-state index contributed by atoms with van der Waals surface area (Å²) >= 11 is 0. The van der Waals surface area contributed by atoms with Gasteiger partial charge in [0.15, 0.2) is 6.61 Å². The first kappa shape index (κ1) is 18.6. The first-order valence-corrected chi connectivity index (χ1v) is 8.86. The highest BCUT2D eigenvalue weighted by molar-refractivity contribution is 5.78. The Morgan fingerprint density at radius 1 is 1.15 bits per heavy atom. The van der Waals surface area contributed by atoms with Crippen LogP contribution in [0.15, 0.2) is 55.1 Å². The van der Waals surface area contributed by atoms with E-state index >= 15 is 0 Å². The van der Waals surface area contributed by atoms with Crippen molar-refractivity contribution in [1.82, 2.24) is 19.7 Å². The van der Waals surface area contributed by atoms with Crippen molar-refractivity contribution in [3.8, 4) is 11.4 Å². The Morgan fingerprint density at radius 3 is 2.41 bits per heavy atom. The highest BCUT2D eigenvalue weighted by atomic mass is 16.5. The molecule has 1 atom stereocenters. The minimum atomic E-state index is -0.0676. The van der Waals surface area contributed by atoms with Gasteiger partial charge in [-0.25, -0.2) is 9.67 Å². The van der Waals surface area contributed by atoms with Crippen molar-refractivity contribution in [2.45, 2.75) is 26.8 Å². The Hall–Kier alpha value is -3.15. The normalized spacial score (nSPS) is 11.9. The first-order chi connectivity index (χ1) is 12.9. The average molecular weight is 364 g/mol. The Morgan fingerprint density at radius 2 is 1.81 bits per heavy atom. The van der Waals surface area contributed by atoms with Crippen LogP contribution in [-0.4, -0.2) is 39.2 Å². The molecule has 0 fully saturated rings. The third-order valence-electron chi connectivity index (χ3n) is 4.59. The van der Waals surface area contributed by atoms with Crippen molar-refractivity contribution in [2.75, 3.05) is 13.7 Å². The molecule has 6 nitrogen and oxygen atoms in total. The van der Waals surface area contributed by atoms with Crippen molar-refractivity contribution in [3.05, 3.63) is 71.8 Å². The largest absolute Gasteiger partial charge is 0.484 e. The second kappa shape index (κ2) is 8.03. The molecule has 3 rings (SSSR count). The first-order valence-electron chi connectivity index (χ1n) is 8.86. The monoisotopic (exact) mass is 364 g/mol. The highest BCUT2D eigenvalue weighted by Gasteiger charge is 2.18. The number of carbonyl (C=O) groups excluding carboxylic acids is 1. The van der Waals surface area contributed by atoms with E-state index in [2.05, 4.69) is 16.1 Å². The summed E-state index contributed by atoms with van der Waals surface area (Å²) in [5.41, 5.74) is 4.20. The maximum atomic E-state index is 12.5. The zero-order valence-electron chi connectivity index (χ0n) is 16.1. The summed E-state index contributed by atoms with van der Waals surface area (Å²) in [6.07, 6.45) is 3.15. The summed E-state index contributed by atoms with van der Waals surface area (Å²) in [4.78, 5) is 18.2. The van der Waals surface area contributed by atoms with Crippen LogP contribution < -0.4 is 4.74 Å². The third kappa shape index (κ3) is 4.53. The zero-order chi connectivity index (χ0) is 19.4. The molecule has 27 heavy (non-hydrogen) atoms. The molecule has 0 saturated heterocycles. The van der Waals surface area contributed by atoms with E-state index in [-0.39, 0.29) is 18.6 Å². The molecule has 0 bridgehead atoms. The van der Waals surface area contributed by atoms with Crippen molar-refractivity contribution >= 4 is 5.91 Å². The summed E-state index contributed by atoms with van der Waals surface area (Å²) in [5.74, 6) is 0.654. The molecule has 0 aliphatic rings. The lowest BCUT2D eigenvalue weighted by molar-refractivity contribution is -0.134. The second-order valence-electron chi connectivity index (χ2n) is 6.72. The van der Waals surface area contributed by atoms with Crippen LogP contribution in [0.2, 0.25) is 0 Å². The van der Waals surface area contributed by atoms with Gasteiger partial charge in [-0.1, -0.05) is 18.2 Å². The number of hydrogen-bond acceptors (Lipinski definition) is 4. The lowest BCUT2D eigenvalue weighted by Crippen LogP contribution is -2.33. The topological polar surface area (TPSA) is 60.2 Å². The Kier molecular flexibility index (Phi) is 5.54. The number of carbonyl (C=O) groups is 1. The SMILES string of the molecule is Cc1cc(C)cc(OCC(=O)N(C)[C@H](C)c2ccc(-n3cncn3)cc2)c1. The van der Waals surface area contributed by atoms with E-state index in [0.717, 1.165) is 28.1 Å². The van der Waals surface area contributed by atoms with Crippen LogP contribution in [0.4, 0.5) is 0 Å². The molecule has 6 heteroatoms. The molecular weight excluding hydrogens is 340 g/mol. The Labute approximate surface area is 159 Å². The van der Waals surface area contributed by atoms with Crippen molar-refractivity contribution < 1.29 is 9.53 Å². The van der Waals surface area contributed by atoms with Gasteiger partial charge in [-0.05, 0) is 61.7 Å². The van der Waals surface area contributed by atoms with E-state index in [0.29, 0.717) is 0 Å². The van der Waals surface area contributed by atoms with Crippen molar-refractivity contribution in [2.24, 2.45) is 0 Å². The number of amides is 1. The van der Waals surface area contributed by atoms with Gasteiger partial charge in [-0.3, -0.25) is 4.79 Å². The molecule has 140 valence electrons. The number of aromatic nitrogens is 3. The van der Waals surface area contributed by atoms with Gasteiger partial charge in [0, 0.05) is 7.05 Å². The molecule has 1 aromatic heterocycles. The van der Waals surface area contributed by atoms with Crippen LogP contribution in [0.5, 0.6) is 5.75 Å². The van der Waals surface area contributed by atoms with Crippen molar-refractivity contribution in [3.63, 3.8) is 0 Å². The fourth-order valence-electron chi connectivity index (χ4n) is 2.95. The number of benzene rings is 2. The molecule has 2 aromatic carbocycles. The zero-order valence-corrected chi connectivity index (χ0v) is 16.1. The lowest BCUT2D eigenvalue weighted by Gasteiger charge is -2.25. The molecule has 0 radical (unpaired) electrons. The van der Waals surface area contributed by atoms with Gasteiger partial charge in [0.2, 0.25) is 0 Å². The minimum Gasteiger partial charge on any atom is -0.484 e. The van der Waals surface area contributed by atoms with Gasteiger partial charge < -0.3 is 9.64 Å². The molecule has 0 aliphatic carbocycles. The number of aryl methyl sites for hydroxylation is 2. The smallest absolute Gasteiger partial charge is 0.260 e. The Balaban J connectivity index is 1.62. The van der Waals surface area contributed by atoms with Gasteiger partial charge in [0.1, 0.15) is 18.4 Å². The summed E-state index contributed by atoms with van der Waals surface area (Å²) in [5, 5.41) is 4.11. The average Bonchev–Trinajstić information content (AvgIpc) is 3.19. The molecule has 3 aromatic rings. The Bertz CT molecular complexity index is 884. The number of rotatable bonds is 6.